The highest BCUT2D eigenvalue weighted by Gasteiger charge is 2.19. The number of sulfonamides is 1. The van der Waals surface area contributed by atoms with Gasteiger partial charge in [-0.2, -0.15) is 0 Å². The van der Waals surface area contributed by atoms with Crippen LogP contribution in [0.3, 0.4) is 0 Å². The second-order valence-electron chi connectivity index (χ2n) is 5.23. The summed E-state index contributed by atoms with van der Waals surface area (Å²) in [4.78, 5) is 10.2. The first kappa shape index (κ1) is 17.9. The van der Waals surface area contributed by atoms with Crippen LogP contribution in [0.2, 0.25) is 0 Å². The molecule has 0 bridgehead atoms. The summed E-state index contributed by atoms with van der Waals surface area (Å²) in [5, 5.41) is 10.6. The van der Waals surface area contributed by atoms with E-state index in [0.717, 1.165) is 11.1 Å². The van der Waals surface area contributed by atoms with Gasteiger partial charge in [-0.3, -0.25) is 10.1 Å². The van der Waals surface area contributed by atoms with Crippen molar-refractivity contribution in [3.8, 4) is 5.75 Å². The van der Waals surface area contributed by atoms with Gasteiger partial charge >= 0.3 is 0 Å². The molecule has 0 atom stereocenters. The summed E-state index contributed by atoms with van der Waals surface area (Å²) in [5.74, 6) is 0.281. The minimum Gasteiger partial charge on any atom is -0.495 e. The molecular weight excluding hydrogens is 332 g/mol. The second-order valence-corrected chi connectivity index (χ2v) is 6.96. The quantitative estimate of drug-likeness (QED) is 0.611. The van der Waals surface area contributed by atoms with Gasteiger partial charge < -0.3 is 4.74 Å². The zero-order valence-electron chi connectivity index (χ0n) is 13.4. The molecule has 128 valence electrons. The molecule has 0 aliphatic heterocycles. The number of hydrogen-bond donors (Lipinski definition) is 1. The number of nitrogens with zero attached hydrogens (tertiary/aromatic N) is 1. The van der Waals surface area contributed by atoms with Crippen molar-refractivity contribution in [3.63, 3.8) is 0 Å². The largest absolute Gasteiger partial charge is 0.495 e. The zero-order chi connectivity index (χ0) is 17.7. The molecule has 0 aliphatic carbocycles. The Hall–Kier alpha value is -2.45. The molecule has 7 nitrogen and oxygen atoms in total. The molecule has 0 unspecified atom stereocenters. The van der Waals surface area contributed by atoms with E-state index in [9.17, 15) is 18.5 Å². The zero-order valence-corrected chi connectivity index (χ0v) is 14.2. The summed E-state index contributed by atoms with van der Waals surface area (Å²) in [6.07, 6.45) is 0.422. The molecule has 0 radical (unpaired) electrons. The van der Waals surface area contributed by atoms with Crippen LogP contribution >= 0.6 is 0 Å². The number of aryl methyl sites for hydroxylation is 1. The number of methoxy groups -OCH3 is 1. The highest BCUT2D eigenvalue weighted by molar-refractivity contribution is 7.89. The maximum Gasteiger partial charge on any atom is 0.269 e. The van der Waals surface area contributed by atoms with Crippen LogP contribution in [0.4, 0.5) is 5.69 Å². The molecule has 24 heavy (non-hydrogen) atoms. The third-order valence-corrected chi connectivity index (χ3v) is 4.94. The van der Waals surface area contributed by atoms with Crippen LogP contribution in [0.5, 0.6) is 5.75 Å². The minimum absolute atomic E-state index is 0.00354. The minimum atomic E-state index is -3.70. The molecule has 0 spiro atoms. The van der Waals surface area contributed by atoms with Gasteiger partial charge in [0, 0.05) is 18.7 Å². The molecule has 0 amide bonds. The van der Waals surface area contributed by atoms with Gasteiger partial charge in [-0.05, 0) is 36.6 Å². The molecule has 0 aromatic heterocycles. The summed E-state index contributed by atoms with van der Waals surface area (Å²) in [6.45, 7) is 1.98. The Morgan fingerprint density at radius 3 is 2.42 bits per heavy atom. The smallest absolute Gasteiger partial charge is 0.269 e. The Morgan fingerprint density at radius 1 is 1.17 bits per heavy atom. The van der Waals surface area contributed by atoms with Crippen LogP contribution in [0.15, 0.2) is 47.4 Å². The van der Waals surface area contributed by atoms with Crippen molar-refractivity contribution in [1.82, 2.24) is 4.72 Å². The third kappa shape index (κ3) is 4.30. The Morgan fingerprint density at radius 2 is 1.83 bits per heavy atom. The first-order valence-electron chi connectivity index (χ1n) is 7.21. The molecular formula is C16H18N2O5S. The number of nitro benzene ring substituents is 1. The van der Waals surface area contributed by atoms with Crippen molar-refractivity contribution in [3.05, 3.63) is 63.7 Å². The van der Waals surface area contributed by atoms with Gasteiger partial charge in [0.15, 0.2) is 0 Å². The van der Waals surface area contributed by atoms with Crippen molar-refractivity contribution in [2.75, 3.05) is 13.7 Å². The number of non-ortho nitro benzene ring substituents is 1. The Bertz CT molecular complexity index is 832. The maximum absolute atomic E-state index is 12.4. The Labute approximate surface area is 140 Å². The number of nitro groups is 1. The monoisotopic (exact) mass is 350 g/mol. The summed E-state index contributed by atoms with van der Waals surface area (Å²) in [6, 6.07) is 10.9. The van der Waals surface area contributed by atoms with Gasteiger partial charge in [0.25, 0.3) is 5.69 Å². The van der Waals surface area contributed by atoms with Gasteiger partial charge in [0.1, 0.15) is 10.6 Å². The fraction of sp³-hybridized carbons (Fsp3) is 0.250. The van der Waals surface area contributed by atoms with Gasteiger partial charge in [0.05, 0.1) is 12.0 Å². The molecule has 0 heterocycles. The lowest BCUT2D eigenvalue weighted by molar-refractivity contribution is -0.384. The Kier molecular flexibility index (Phi) is 5.53. The molecule has 0 fully saturated rings. The van der Waals surface area contributed by atoms with Crippen molar-refractivity contribution >= 4 is 15.7 Å². The van der Waals surface area contributed by atoms with E-state index in [1.165, 1.54) is 19.2 Å². The SMILES string of the molecule is COc1ccc(C)cc1S(=O)(=O)NCCc1ccc([N+](=O)[O-])cc1. The van der Waals surface area contributed by atoms with Crippen molar-refractivity contribution in [2.24, 2.45) is 0 Å². The van der Waals surface area contributed by atoms with E-state index < -0.39 is 14.9 Å². The van der Waals surface area contributed by atoms with Gasteiger partial charge in [-0.15, -0.1) is 0 Å². The van der Waals surface area contributed by atoms with E-state index in [1.807, 2.05) is 0 Å². The lowest BCUT2D eigenvalue weighted by Crippen LogP contribution is -2.26. The average molecular weight is 350 g/mol. The predicted octanol–water partition coefficient (Wildman–Crippen LogP) is 2.43. The van der Waals surface area contributed by atoms with Crippen LogP contribution in [0, 0.1) is 17.0 Å². The number of ether oxygens (including phenoxy) is 1. The number of nitrogens with one attached hydrogen (secondary N) is 1. The van der Waals surface area contributed by atoms with E-state index in [4.69, 9.17) is 4.74 Å². The first-order chi connectivity index (χ1) is 11.3. The number of hydrogen-bond acceptors (Lipinski definition) is 5. The van der Waals surface area contributed by atoms with Crippen LogP contribution in [0.1, 0.15) is 11.1 Å². The molecule has 8 heteroatoms. The summed E-state index contributed by atoms with van der Waals surface area (Å²) < 4.78 is 32.5. The Balaban J connectivity index is 2.05. The molecule has 2 aromatic carbocycles. The highest BCUT2D eigenvalue weighted by atomic mass is 32.2. The lowest BCUT2D eigenvalue weighted by atomic mass is 10.1. The van der Waals surface area contributed by atoms with E-state index >= 15 is 0 Å². The number of rotatable bonds is 7. The van der Waals surface area contributed by atoms with Gasteiger partial charge in [0.2, 0.25) is 10.0 Å². The summed E-state index contributed by atoms with van der Waals surface area (Å²) in [7, 11) is -2.28. The highest BCUT2D eigenvalue weighted by Crippen LogP contribution is 2.24. The topological polar surface area (TPSA) is 98.5 Å². The van der Waals surface area contributed by atoms with E-state index in [2.05, 4.69) is 4.72 Å². The fourth-order valence-electron chi connectivity index (χ4n) is 2.19. The number of benzene rings is 2. The standard InChI is InChI=1S/C16H18N2O5S/c1-12-3-8-15(23-2)16(11-12)24(21,22)17-10-9-13-4-6-14(7-5-13)18(19)20/h3-8,11,17H,9-10H2,1-2H3. The van der Waals surface area contributed by atoms with Crippen molar-refractivity contribution in [2.45, 2.75) is 18.2 Å². The van der Waals surface area contributed by atoms with Crippen LogP contribution in [-0.2, 0) is 16.4 Å². The van der Waals surface area contributed by atoms with Crippen LogP contribution in [-0.4, -0.2) is 27.0 Å². The second kappa shape index (κ2) is 7.41. The molecule has 0 saturated carbocycles. The molecule has 0 saturated heterocycles. The molecule has 1 N–H and O–H groups in total. The van der Waals surface area contributed by atoms with E-state index in [0.29, 0.717) is 6.42 Å². The molecule has 0 aliphatic rings. The summed E-state index contributed by atoms with van der Waals surface area (Å²) >= 11 is 0. The van der Waals surface area contributed by atoms with Crippen LogP contribution < -0.4 is 9.46 Å². The van der Waals surface area contributed by atoms with Gasteiger partial charge in [-0.25, -0.2) is 13.1 Å². The summed E-state index contributed by atoms with van der Waals surface area (Å²) in [5.41, 5.74) is 1.62. The van der Waals surface area contributed by atoms with E-state index in [1.54, 1.807) is 37.3 Å². The van der Waals surface area contributed by atoms with Crippen molar-refractivity contribution < 1.29 is 18.1 Å². The van der Waals surface area contributed by atoms with Crippen molar-refractivity contribution in [1.29, 1.82) is 0 Å². The maximum atomic E-state index is 12.4. The van der Waals surface area contributed by atoms with Gasteiger partial charge in [-0.1, -0.05) is 18.2 Å². The lowest BCUT2D eigenvalue weighted by Gasteiger charge is -2.11. The first-order valence-corrected chi connectivity index (χ1v) is 8.69. The van der Waals surface area contributed by atoms with E-state index in [-0.39, 0.29) is 22.9 Å². The molecule has 2 rings (SSSR count). The normalized spacial score (nSPS) is 11.2. The third-order valence-electron chi connectivity index (χ3n) is 3.46. The fourth-order valence-corrected chi connectivity index (χ4v) is 3.47. The molecule has 2 aromatic rings. The van der Waals surface area contributed by atoms with Crippen LogP contribution in [0.25, 0.3) is 0 Å². The average Bonchev–Trinajstić information content (AvgIpc) is 2.55. The predicted molar refractivity (Wildman–Crippen MR) is 89.7 cm³/mol.